The van der Waals surface area contributed by atoms with E-state index in [-0.39, 0.29) is 31.8 Å². The lowest BCUT2D eigenvalue weighted by atomic mass is 10.1. The Bertz CT molecular complexity index is 702. The fourth-order valence-electron chi connectivity index (χ4n) is 2.55. The normalized spacial score (nSPS) is 11.3. The Balaban J connectivity index is 2.75. The van der Waals surface area contributed by atoms with Crippen LogP contribution >= 0.6 is 0 Å². The minimum absolute atomic E-state index is 0.00250. The number of amides is 1. The highest BCUT2D eigenvalue weighted by Gasteiger charge is 2.24. The zero-order valence-electron chi connectivity index (χ0n) is 17.5. The van der Waals surface area contributed by atoms with Crippen LogP contribution in [0.5, 0.6) is 0 Å². The highest BCUT2D eigenvalue weighted by Crippen LogP contribution is 2.15. The van der Waals surface area contributed by atoms with Crippen LogP contribution in [0.3, 0.4) is 0 Å². The standard InChI is InChI=1S/C21H30N2O6/c1-5-28-19(25)12-11-18(21(27)29-6-2)22-20(26)16-7-9-17(10-8-16)23(4)14-13-15(3)24/h7-10,18H,5-6,11-14H2,1-4H3,(H,22,26). The molecule has 0 spiro atoms. The number of hydrogen-bond donors (Lipinski definition) is 1. The van der Waals surface area contributed by atoms with Gasteiger partial charge in [0.25, 0.3) is 5.91 Å². The van der Waals surface area contributed by atoms with Gasteiger partial charge in [-0.05, 0) is 51.5 Å². The molecule has 1 N–H and O–H groups in total. The van der Waals surface area contributed by atoms with E-state index in [1.165, 1.54) is 0 Å². The van der Waals surface area contributed by atoms with E-state index in [0.29, 0.717) is 18.5 Å². The van der Waals surface area contributed by atoms with Gasteiger partial charge in [0.05, 0.1) is 13.2 Å². The molecule has 0 aliphatic rings. The van der Waals surface area contributed by atoms with E-state index in [1.807, 2.05) is 11.9 Å². The topological polar surface area (TPSA) is 102 Å². The molecule has 1 rings (SSSR count). The first-order valence-corrected chi connectivity index (χ1v) is 9.72. The largest absolute Gasteiger partial charge is 0.466 e. The lowest BCUT2D eigenvalue weighted by Crippen LogP contribution is -2.42. The zero-order chi connectivity index (χ0) is 21.8. The summed E-state index contributed by atoms with van der Waals surface area (Å²) < 4.78 is 9.85. The monoisotopic (exact) mass is 406 g/mol. The maximum Gasteiger partial charge on any atom is 0.328 e. The molecule has 0 radical (unpaired) electrons. The molecule has 8 heteroatoms. The number of rotatable bonds is 12. The molecule has 0 aliphatic heterocycles. The first kappa shape index (κ1) is 24.1. The molecule has 1 aromatic rings. The first-order chi connectivity index (χ1) is 13.8. The van der Waals surface area contributed by atoms with Crippen LogP contribution in [0.25, 0.3) is 0 Å². The quantitative estimate of drug-likeness (QED) is 0.530. The van der Waals surface area contributed by atoms with Crippen molar-refractivity contribution in [2.45, 2.75) is 46.1 Å². The molecule has 0 heterocycles. The third kappa shape index (κ3) is 8.76. The van der Waals surface area contributed by atoms with E-state index < -0.39 is 23.9 Å². The molecule has 160 valence electrons. The maximum atomic E-state index is 12.5. The summed E-state index contributed by atoms with van der Waals surface area (Å²) in [7, 11) is 1.87. The summed E-state index contributed by atoms with van der Waals surface area (Å²) in [5, 5.41) is 2.62. The van der Waals surface area contributed by atoms with E-state index in [1.54, 1.807) is 45.0 Å². The molecule has 1 atom stereocenters. The molecule has 1 amide bonds. The molecule has 29 heavy (non-hydrogen) atoms. The van der Waals surface area contributed by atoms with Gasteiger partial charge in [0.1, 0.15) is 11.8 Å². The number of ketones is 1. The number of esters is 2. The summed E-state index contributed by atoms with van der Waals surface area (Å²) in [6.07, 6.45) is 0.535. The van der Waals surface area contributed by atoms with Gasteiger partial charge in [-0.3, -0.25) is 14.4 Å². The van der Waals surface area contributed by atoms with Crippen LogP contribution in [0, 0.1) is 0 Å². The van der Waals surface area contributed by atoms with Gasteiger partial charge in [-0.2, -0.15) is 0 Å². The molecule has 1 aromatic carbocycles. The SMILES string of the molecule is CCOC(=O)CCC(NC(=O)c1ccc(N(C)CCC(C)=O)cc1)C(=O)OCC. The Labute approximate surface area is 171 Å². The van der Waals surface area contributed by atoms with Crippen LogP contribution in [0.2, 0.25) is 0 Å². The van der Waals surface area contributed by atoms with Crippen molar-refractivity contribution < 1.29 is 28.7 Å². The van der Waals surface area contributed by atoms with Gasteiger partial charge in [-0.25, -0.2) is 4.79 Å². The van der Waals surface area contributed by atoms with Crippen LogP contribution in [0.15, 0.2) is 24.3 Å². The maximum absolute atomic E-state index is 12.5. The predicted molar refractivity (Wildman–Crippen MR) is 109 cm³/mol. The fraction of sp³-hybridized carbons (Fsp3) is 0.524. The number of carbonyl (C=O) groups excluding carboxylic acids is 4. The van der Waals surface area contributed by atoms with E-state index in [9.17, 15) is 19.2 Å². The fourth-order valence-corrected chi connectivity index (χ4v) is 2.55. The number of Topliss-reactive ketones (excluding diaryl/α,β-unsaturated/α-hetero) is 1. The summed E-state index contributed by atoms with van der Waals surface area (Å²) in [5.74, 6) is -1.36. The van der Waals surface area contributed by atoms with Gasteiger partial charge in [-0.1, -0.05) is 0 Å². The van der Waals surface area contributed by atoms with Crippen LogP contribution in [-0.2, 0) is 23.9 Å². The number of hydrogen-bond acceptors (Lipinski definition) is 7. The third-order valence-electron chi connectivity index (χ3n) is 4.19. The Hall–Kier alpha value is -2.90. The number of anilines is 1. The number of nitrogens with one attached hydrogen (secondary N) is 1. The molecule has 0 aliphatic carbocycles. The molecular weight excluding hydrogens is 376 g/mol. The van der Waals surface area contributed by atoms with Crippen molar-refractivity contribution in [2.24, 2.45) is 0 Å². The molecular formula is C21H30N2O6. The van der Waals surface area contributed by atoms with Crippen LogP contribution in [0.1, 0.15) is 50.4 Å². The summed E-state index contributed by atoms with van der Waals surface area (Å²) in [5.41, 5.74) is 1.24. The smallest absolute Gasteiger partial charge is 0.328 e. The lowest BCUT2D eigenvalue weighted by Gasteiger charge is -2.19. The van der Waals surface area contributed by atoms with Crippen molar-refractivity contribution in [3.05, 3.63) is 29.8 Å². The Morgan fingerprint density at radius 2 is 1.62 bits per heavy atom. The van der Waals surface area contributed by atoms with Crippen LogP contribution in [-0.4, -0.2) is 56.5 Å². The van der Waals surface area contributed by atoms with E-state index in [0.717, 1.165) is 5.69 Å². The van der Waals surface area contributed by atoms with Crippen molar-refractivity contribution in [3.63, 3.8) is 0 Å². The highest BCUT2D eigenvalue weighted by atomic mass is 16.5. The average Bonchev–Trinajstić information content (AvgIpc) is 2.69. The second-order valence-corrected chi connectivity index (χ2v) is 6.54. The van der Waals surface area contributed by atoms with Crippen molar-refractivity contribution in [2.75, 3.05) is 31.7 Å². The Morgan fingerprint density at radius 1 is 1.00 bits per heavy atom. The minimum atomic E-state index is -0.940. The van der Waals surface area contributed by atoms with Crippen molar-refractivity contribution >= 4 is 29.3 Å². The van der Waals surface area contributed by atoms with Gasteiger partial charge < -0.3 is 19.7 Å². The zero-order valence-corrected chi connectivity index (χ0v) is 17.5. The molecule has 0 fully saturated rings. The number of ether oxygens (including phenoxy) is 2. The summed E-state index contributed by atoms with van der Waals surface area (Å²) in [4.78, 5) is 49.3. The average molecular weight is 406 g/mol. The van der Waals surface area contributed by atoms with Crippen molar-refractivity contribution in [1.82, 2.24) is 5.32 Å². The van der Waals surface area contributed by atoms with Crippen molar-refractivity contribution in [1.29, 1.82) is 0 Å². The predicted octanol–water partition coefficient (Wildman–Crippen LogP) is 2.11. The first-order valence-electron chi connectivity index (χ1n) is 9.72. The van der Waals surface area contributed by atoms with Gasteiger partial charge >= 0.3 is 11.9 Å². The summed E-state index contributed by atoms with van der Waals surface area (Å²) >= 11 is 0. The lowest BCUT2D eigenvalue weighted by molar-refractivity contribution is -0.146. The van der Waals surface area contributed by atoms with Gasteiger partial charge in [-0.15, -0.1) is 0 Å². The number of nitrogens with zero attached hydrogens (tertiary/aromatic N) is 1. The minimum Gasteiger partial charge on any atom is -0.466 e. The van der Waals surface area contributed by atoms with Gasteiger partial charge in [0, 0.05) is 37.7 Å². The Kier molecular flexibility index (Phi) is 10.4. The second-order valence-electron chi connectivity index (χ2n) is 6.54. The highest BCUT2D eigenvalue weighted by molar-refractivity contribution is 5.97. The van der Waals surface area contributed by atoms with Crippen LogP contribution < -0.4 is 10.2 Å². The molecule has 1 unspecified atom stereocenters. The molecule has 0 saturated carbocycles. The summed E-state index contributed by atoms with van der Waals surface area (Å²) in [6.45, 7) is 5.92. The van der Waals surface area contributed by atoms with Gasteiger partial charge in [0.15, 0.2) is 0 Å². The Morgan fingerprint density at radius 3 is 2.17 bits per heavy atom. The number of benzene rings is 1. The number of carbonyl (C=O) groups is 4. The van der Waals surface area contributed by atoms with E-state index in [2.05, 4.69) is 5.32 Å². The van der Waals surface area contributed by atoms with Crippen molar-refractivity contribution in [3.8, 4) is 0 Å². The third-order valence-corrected chi connectivity index (χ3v) is 4.19. The van der Waals surface area contributed by atoms with E-state index >= 15 is 0 Å². The molecule has 0 bridgehead atoms. The molecule has 0 aromatic heterocycles. The molecule has 0 saturated heterocycles. The van der Waals surface area contributed by atoms with E-state index in [4.69, 9.17) is 9.47 Å². The summed E-state index contributed by atoms with van der Waals surface area (Å²) in [6, 6.07) is 5.88. The molecule has 8 nitrogen and oxygen atoms in total. The van der Waals surface area contributed by atoms with Crippen LogP contribution in [0.4, 0.5) is 5.69 Å². The second kappa shape index (κ2) is 12.5. The van der Waals surface area contributed by atoms with Gasteiger partial charge in [0.2, 0.25) is 0 Å².